The van der Waals surface area contributed by atoms with Gasteiger partial charge in [-0.1, -0.05) is 0 Å². The molecule has 0 spiro atoms. The van der Waals surface area contributed by atoms with Crippen LogP contribution >= 0.6 is 0 Å². The number of likely N-dealkylation sites (tertiary alicyclic amines) is 2. The summed E-state index contributed by atoms with van der Waals surface area (Å²) in [5.74, 6) is -3.70. The standard InChI is InChI=1S/C20H24N2O8/c23-15-8-12(10-18(26)22-6-2-4-14(22)20(29)30)16(24)7-11(15)9-17(25)21-5-1-3-13(21)19(27)28/h7-8,13-14,23-24H,1-6,9-10H2,(H,27,28)(H,29,30)/t13-,14-/m1/s1. The molecule has 30 heavy (non-hydrogen) atoms. The van der Waals surface area contributed by atoms with E-state index < -0.39 is 35.8 Å². The average molecular weight is 420 g/mol. The van der Waals surface area contributed by atoms with Crippen LogP contribution in [0.15, 0.2) is 12.1 Å². The van der Waals surface area contributed by atoms with Gasteiger partial charge in [-0.05, 0) is 37.8 Å². The molecule has 2 heterocycles. The molecule has 0 aromatic heterocycles. The molecule has 3 rings (SSSR count). The van der Waals surface area contributed by atoms with Crippen LogP contribution < -0.4 is 0 Å². The Bertz CT molecular complexity index is 812. The maximum atomic E-state index is 12.5. The predicted octanol–water partition coefficient (Wildman–Crippen LogP) is 0.334. The van der Waals surface area contributed by atoms with Crippen molar-refractivity contribution < 1.29 is 39.6 Å². The van der Waals surface area contributed by atoms with Gasteiger partial charge in [0.25, 0.3) is 0 Å². The Morgan fingerprint density at radius 1 is 0.767 bits per heavy atom. The third-order valence-corrected chi connectivity index (χ3v) is 5.68. The molecule has 0 saturated carbocycles. The van der Waals surface area contributed by atoms with Gasteiger partial charge in [-0.25, -0.2) is 9.59 Å². The highest BCUT2D eigenvalue weighted by molar-refractivity contribution is 5.87. The lowest BCUT2D eigenvalue weighted by atomic mass is 10.0. The van der Waals surface area contributed by atoms with Crippen LogP contribution in [0.1, 0.15) is 36.8 Å². The Morgan fingerprint density at radius 3 is 1.47 bits per heavy atom. The number of amides is 2. The molecule has 10 heteroatoms. The molecule has 0 radical (unpaired) electrons. The average Bonchev–Trinajstić information content (AvgIpc) is 3.34. The van der Waals surface area contributed by atoms with E-state index in [9.17, 15) is 39.6 Å². The van der Waals surface area contributed by atoms with E-state index in [1.165, 1.54) is 21.9 Å². The number of carbonyl (C=O) groups excluding carboxylic acids is 2. The number of phenols is 2. The number of hydrogen-bond donors (Lipinski definition) is 4. The maximum Gasteiger partial charge on any atom is 0.326 e. The molecule has 1 aromatic rings. The summed E-state index contributed by atoms with van der Waals surface area (Å²) in [6.45, 7) is 0.630. The van der Waals surface area contributed by atoms with Gasteiger partial charge in [0.05, 0.1) is 12.8 Å². The van der Waals surface area contributed by atoms with Gasteiger partial charge in [-0.2, -0.15) is 0 Å². The molecule has 0 unspecified atom stereocenters. The van der Waals surface area contributed by atoms with E-state index in [1.54, 1.807) is 0 Å². The molecular weight excluding hydrogens is 396 g/mol. The van der Waals surface area contributed by atoms with E-state index in [0.717, 1.165) is 0 Å². The van der Waals surface area contributed by atoms with Crippen LogP contribution in [0, 0.1) is 0 Å². The summed E-state index contributed by atoms with van der Waals surface area (Å²) in [4.78, 5) is 50.0. The van der Waals surface area contributed by atoms with Gasteiger partial charge in [-0.15, -0.1) is 0 Å². The number of carbonyl (C=O) groups is 4. The topological polar surface area (TPSA) is 156 Å². The fourth-order valence-electron chi connectivity index (χ4n) is 4.12. The molecule has 1 aromatic carbocycles. The number of carboxylic acids is 2. The first-order valence-corrected chi connectivity index (χ1v) is 9.77. The van der Waals surface area contributed by atoms with Crippen molar-refractivity contribution >= 4 is 23.8 Å². The highest BCUT2D eigenvalue weighted by Gasteiger charge is 2.35. The van der Waals surface area contributed by atoms with E-state index in [-0.39, 0.29) is 35.5 Å². The molecule has 2 aliphatic heterocycles. The predicted molar refractivity (Wildman–Crippen MR) is 102 cm³/mol. The Balaban J connectivity index is 1.71. The minimum absolute atomic E-state index is 0.120. The van der Waals surface area contributed by atoms with Crippen LogP contribution in [0.2, 0.25) is 0 Å². The van der Waals surface area contributed by atoms with Crippen LogP contribution in [-0.4, -0.2) is 79.2 Å². The number of phenolic OH excluding ortho intramolecular Hbond substituents is 2. The van der Waals surface area contributed by atoms with E-state index in [4.69, 9.17) is 0 Å². The summed E-state index contributed by atoms with van der Waals surface area (Å²) in [6, 6.07) is 0.571. The van der Waals surface area contributed by atoms with Gasteiger partial charge >= 0.3 is 11.9 Å². The number of hydrogen-bond acceptors (Lipinski definition) is 6. The number of rotatable bonds is 6. The van der Waals surface area contributed by atoms with Gasteiger partial charge in [0.15, 0.2) is 0 Å². The van der Waals surface area contributed by atoms with E-state index in [1.807, 2.05) is 0 Å². The molecule has 0 aliphatic carbocycles. The lowest BCUT2D eigenvalue weighted by Gasteiger charge is -2.22. The summed E-state index contributed by atoms with van der Waals surface area (Å²) in [5.41, 5.74) is 0.239. The van der Waals surface area contributed by atoms with Gasteiger partial charge < -0.3 is 30.2 Å². The second-order valence-corrected chi connectivity index (χ2v) is 7.63. The number of carboxylic acid groups (broad SMARTS) is 2. The third kappa shape index (κ3) is 4.32. The van der Waals surface area contributed by atoms with Gasteiger partial charge in [0.2, 0.25) is 11.8 Å². The molecule has 4 N–H and O–H groups in total. The van der Waals surface area contributed by atoms with Gasteiger partial charge in [-0.3, -0.25) is 9.59 Å². The second kappa shape index (κ2) is 8.60. The molecule has 2 atom stereocenters. The van der Waals surface area contributed by atoms with Gasteiger partial charge in [0.1, 0.15) is 23.6 Å². The zero-order chi connectivity index (χ0) is 22.0. The molecule has 2 saturated heterocycles. The first-order valence-electron chi connectivity index (χ1n) is 9.77. The van der Waals surface area contributed by atoms with Crippen molar-refractivity contribution in [3.8, 4) is 11.5 Å². The molecule has 10 nitrogen and oxygen atoms in total. The molecule has 162 valence electrons. The second-order valence-electron chi connectivity index (χ2n) is 7.63. The first kappa shape index (κ1) is 21.4. The maximum absolute atomic E-state index is 12.5. The first-order chi connectivity index (χ1) is 14.2. The molecule has 2 aliphatic rings. The van der Waals surface area contributed by atoms with Crippen LogP contribution in [0.25, 0.3) is 0 Å². The SMILES string of the molecule is O=C(O)[C@H]1CCCN1C(=O)Cc1cc(O)c(CC(=O)N2CCC[C@@H]2C(=O)O)cc1O. The number of nitrogens with zero attached hydrogens (tertiary/aromatic N) is 2. The highest BCUT2D eigenvalue weighted by Crippen LogP contribution is 2.30. The van der Waals surface area contributed by atoms with Gasteiger partial charge in [0, 0.05) is 24.2 Å². The smallest absolute Gasteiger partial charge is 0.326 e. The van der Waals surface area contributed by atoms with Crippen molar-refractivity contribution in [3.05, 3.63) is 23.3 Å². The van der Waals surface area contributed by atoms with E-state index >= 15 is 0 Å². The number of aliphatic carboxylic acids is 2. The summed E-state index contributed by atoms with van der Waals surface area (Å²) < 4.78 is 0. The Morgan fingerprint density at radius 2 is 1.13 bits per heavy atom. The summed E-state index contributed by atoms with van der Waals surface area (Å²) >= 11 is 0. The zero-order valence-corrected chi connectivity index (χ0v) is 16.3. The lowest BCUT2D eigenvalue weighted by molar-refractivity contribution is -0.148. The number of aromatic hydroxyl groups is 2. The normalized spacial score (nSPS) is 21.1. The van der Waals surface area contributed by atoms with Crippen molar-refractivity contribution in [1.82, 2.24) is 9.80 Å². The van der Waals surface area contributed by atoms with Crippen molar-refractivity contribution in [2.75, 3.05) is 13.1 Å². The molecule has 2 amide bonds. The fraction of sp³-hybridized carbons (Fsp3) is 0.500. The van der Waals surface area contributed by atoms with Crippen molar-refractivity contribution in [1.29, 1.82) is 0 Å². The number of benzene rings is 1. The molecular formula is C20H24N2O8. The van der Waals surface area contributed by atoms with Crippen LogP contribution in [-0.2, 0) is 32.0 Å². The van der Waals surface area contributed by atoms with Crippen LogP contribution in [0.5, 0.6) is 11.5 Å². The molecule has 2 fully saturated rings. The summed E-state index contributed by atoms with van der Waals surface area (Å²) in [5, 5.41) is 39.0. The monoisotopic (exact) mass is 420 g/mol. The van der Waals surface area contributed by atoms with Crippen molar-refractivity contribution in [2.45, 2.75) is 50.6 Å². The van der Waals surface area contributed by atoms with Crippen molar-refractivity contribution in [3.63, 3.8) is 0 Å². The summed E-state index contributed by atoms with van der Waals surface area (Å²) in [6.07, 6.45) is 1.32. The van der Waals surface area contributed by atoms with E-state index in [2.05, 4.69) is 0 Å². The van der Waals surface area contributed by atoms with Crippen molar-refractivity contribution in [2.24, 2.45) is 0 Å². The largest absolute Gasteiger partial charge is 0.508 e. The zero-order valence-electron chi connectivity index (χ0n) is 16.3. The van der Waals surface area contributed by atoms with Crippen LogP contribution in [0.3, 0.4) is 0 Å². The highest BCUT2D eigenvalue weighted by atomic mass is 16.4. The Kier molecular flexibility index (Phi) is 6.14. The molecule has 0 bridgehead atoms. The van der Waals surface area contributed by atoms with Crippen LogP contribution in [0.4, 0.5) is 0 Å². The fourth-order valence-corrected chi connectivity index (χ4v) is 4.12. The minimum Gasteiger partial charge on any atom is -0.508 e. The minimum atomic E-state index is -1.08. The summed E-state index contributed by atoms with van der Waals surface area (Å²) in [7, 11) is 0. The Labute approximate surface area is 172 Å². The Hall–Kier alpha value is -3.30. The third-order valence-electron chi connectivity index (χ3n) is 5.68. The lowest BCUT2D eigenvalue weighted by Crippen LogP contribution is -2.41. The van der Waals surface area contributed by atoms with E-state index in [0.29, 0.717) is 38.8 Å². The quantitative estimate of drug-likeness (QED) is 0.480.